The second kappa shape index (κ2) is 11.4. The monoisotopic (exact) mass is 405 g/mol. The third-order valence-corrected chi connectivity index (χ3v) is 6.96. The van der Waals surface area contributed by atoms with Crippen molar-refractivity contribution in [3.05, 3.63) is 59.2 Å². The molecule has 2 aromatic carbocycles. The summed E-state index contributed by atoms with van der Waals surface area (Å²) in [6, 6.07) is 15.5. The molecule has 0 spiro atoms. The number of ether oxygens (including phenoxy) is 1. The van der Waals surface area contributed by atoms with Crippen molar-refractivity contribution in [2.24, 2.45) is 0 Å². The molecule has 0 unspecified atom stereocenters. The summed E-state index contributed by atoms with van der Waals surface area (Å²) >= 11 is 0. The minimum absolute atomic E-state index is 0.654. The molecule has 2 heteroatoms. The van der Waals surface area contributed by atoms with E-state index in [9.17, 15) is 0 Å². The number of hydrogen-bond acceptors (Lipinski definition) is 2. The molecule has 0 bridgehead atoms. The van der Waals surface area contributed by atoms with E-state index < -0.39 is 0 Å². The molecule has 1 aliphatic heterocycles. The summed E-state index contributed by atoms with van der Waals surface area (Å²) in [4.78, 5) is 0. The van der Waals surface area contributed by atoms with Crippen LogP contribution in [0.15, 0.2) is 42.5 Å². The maximum Gasteiger partial charge on any atom is 0.125 e. The smallest absolute Gasteiger partial charge is 0.125 e. The highest BCUT2D eigenvalue weighted by Gasteiger charge is 2.19. The minimum Gasteiger partial charge on any atom is -0.489 e. The molecule has 2 aromatic rings. The van der Waals surface area contributed by atoms with Gasteiger partial charge in [0.2, 0.25) is 0 Å². The van der Waals surface area contributed by atoms with Gasteiger partial charge in [0.05, 0.1) is 0 Å². The van der Waals surface area contributed by atoms with Crippen molar-refractivity contribution in [1.29, 1.82) is 0 Å². The van der Waals surface area contributed by atoms with E-state index in [0.29, 0.717) is 12.5 Å². The molecule has 0 amide bonds. The average Bonchev–Trinajstić information content (AvgIpc) is 2.76. The summed E-state index contributed by atoms with van der Waals surface area (Å²) in [6.45, 7) is 1.74. The molecule has 1 heterocycles. The standard InChI is InChI=1S/C28H39NO/c1-3-10-16-24(17-11-4-1)25-20-27-26(18-12-5-2-6-13-19-29-27)28(21-25)30-22-23-14-8-7-9-15-23/h7-9,14-15,20-21,24,29H,1-6,10-13,16-19,22H2. The van der Waals surface area contributed by atoms with Crippen molar-refractivity contribution >= 4 is 5.69 Å². The zero-order valence-electron chi connectivity index (χ0n) is 18.6. The fraction of sp³-hybridized carbons (Fsp3) is 0.571. The van der Waals surface area contributed by atoms with Crippen molar-refractivity contribution in [1.82, 2.24) is 0 Å². The summed E-state index contributed by atoms with van der Waals surface area (Å²) in [5, 5.41) is 3.80. The average molecular weight is 406 g/mol. The Kier molecular flexibility index (Phi) is 8.11. The lowest BCUT2D eigenvalue weighted by molar-refractivity contribution is 0.302. The lowest BCUT2D eigenvalue weighted by Gasteiger charge is -2.25. The van der Waals surface area contributed by atoms with Crippen molar-refractivity contribution in [2.45, 2.75) is 96.0 Å². The molecule has 2 nitrogen and oxygen atoms in total. The second-order valence-electron chi connectivity index (χ2n) is 9.31. The van der Waals surface area contributed by atoms with E-state index in [4.69, 9.17) is 4.74 Å². The maximum absolute atomic E-state index is 6.51. The van der Waals surface area contributed by atoms with Crippen molar-refractivity contribution < 1.29 is 4.74 Å². The molecule has 1 saturated carbocycles. The number of benzene rings is 2. The normalized spacial score (nSPS) is 19.1. The molecule has 1 fully saturated rings. The van der Waals surface area contributed by atoms with Crippen LogP contribution in [0, 0.1) is 0 Å². The van der Waals surface area contributed by atoms with Gasteiger partial charge in [0, 0.05) is 17.8 Å². The van der Waals surface area contributed by atoms with Gasteiger partial charge < -0.3 is 10.1 Å². The van der Waals surface area contributed by atoms with Crippen LogP contribution in [0.5, 0.6) is 5.75 Å². The van der Waals surface area contributed by atoms with Gasteiger partial charge >= 0.3 is 0 Å². The molecule has 0 saturated heterocycles. The molecule has 1 N–H and O–H groups in total. The Bertz CT molecular complexity index is 762. The van der Waals surface area contributed by atoms with E-state index in [1.54, 1.807) is 0 Å². The number of anilines is 1. The number of fused-ring (bicyclic) bond motifs is 1. The molecular weight excluding hydrogens is 366 g/mol. The Morgan fingerprint density at radius 2 is 1.47 bits per heavy atom. The Morgan fingerprint density at radius 1 is 0.767 bits per heavy atom. The minimum atomic E-state index is 0.654. The Hall–Kier alpha value is -1.96. The van der Waals surface area contributed by atoms with Crippen LogP contribution >= 0.6 is 0 Å². The first-order chi connectivity index (χ1) is 14.9. The number of nitrogens with one attached hydrogen (secondary N) is 1. The molecule has 0 atom stereocenters. The third-order valence-electron chi connectivity index (χ3n) is 6.96. The van der Waals surface area contributed by atoms with E-state index in [1.807, 2.05) is 0 Å². The van der Waals surface area contributed by atoms with E-state index in [1.165, 1.54) is 99.4 Å². The zero-order valence-corrected chi connectivity index (χ0v) is 18.6. The van der Waals surface area contributed by atoms with Crippen LogP contribution < -0.4 is 10.1 Å². The van der Waals surface area contributed by atoms with Crippen LogP contribution in [-0.4, -0.2) is 6.54 Å². The highest BCUT2D eigenvalue weighted by molar-refractivity contribution is 5.60. The highest BCUT2D eigenvalue weighted by atomic mass is 16.5. The van der Waals surface area contributed by atoms with Crippen LogP contribution in [0.1, 0.15) is 99.7 Å². The van der Waals surface area contributed by atoms with E-state index in [0.717, 1.165) is 18.7 Å². The predicted octanol–water partition coefficient (Wildman–Crippen LogP) is 8.01. The first-order valence-electron chi connectivity index (χ1n) is 12.5. The van der Waals surface area contributed by atoms with Crippen LogP contribution in [-0.2, 0) is 13.0 Å². The zero-order chi connectivity index (χ0) is 20.4. The van der Waals surface area contributed by atoms with Crippen LogP contribution in [0.25, 0.3) is 0 Å². The molecule has 162 valence electrons. The van der Waals surface area contributed by atoms with Gasteiger partial charge in [-0.1, -0.05) is 81.7 Å². The summed E-state index contributed by atoms with van der Waals surface area (Å²) in [5.74, 6) is 1.81. The first-order valence-corrected chi connectivity index (χ1v) is 12.5. The molecule has 2 aliphatic rings. The summed E-state index contributed by atoms with van der Waals surface area (Å²) in [5.41, 5.74) is 5.50. The molecule has 1 aliphatic carbocycles. The summed E-state index contributed by atoms with van der Waals surface area (Å²) in [6.07, 6.45) is 17.3. The van der Waals surface area contributed by atoms with Gasteiger partial charge in [-0.05, 0) is 61.3 Å². The highest BCUT2D eigenvalue weighted by Crippen LogP contribution is 2.38. The molecule has 4 rings (SSSR count). The molecule has 30 heavy (non-hydrogen) atoms. The number of rotatable bonds is 4. The van der Waals surface area contributed by atoms with Gasteiger partial charge in [-0.15, -0.1) is 0 Å². The van der Waals surface area contributed by atoms with Gasteiger partial charge in [0.1, 0.15) is 12.4 Å². The van der Waals surface area contributed by atoms with Gasteiger partial charge in [0.25, 0.3) is 0 Å². The molecular formula is C28H39NO. The van der Waals surface area contributed by atoms with Crippen LogP contribution in [0.3, 0.4) is 0 Å². The number of hydrogen-bond donors (Lipinski definition) is 1. The fourth-order valence-corrected chi connectivity index (χ4v) is 5.15. The quantitative estimate of drug-likeness (QED) is 0.556. The molecule has 0 aromatic heterocycles. The van der Waals surface area contributed by atoms with Gasteiger partial charge in [-0.2, -0.15) is 0 Å². The van der Waals surface area contributed by atoms with Gasteiger partial charge in [-0.3, -0.25) is 0 Å². The summed E-state index contributed by atoms with van der Waals surface area (Å²) in [7, 11) is 0. The Balaban J connectivity index is 1.62. The largest absolute Gasteiger partial charge is 0.489 e. The molecule has 0 radical (unpaired) electrons. The van der Waals surface area contributed by atoms with Gasteiger partial charge in [-0.25, -0.2) is 0 Å². The topological polar surface area (TPSA) is 21.3 Å². The van der Waals surface area contributed by atoms with E-state index >= 15 is 0 Å². The van der Waals surface area contributed by atoms with Crippen molar-refractivity contribution in [3.8, 4) is 5.75 Å². The third kappa shape index (κ3) is 6.03. The van der Waals surface area contributed by atoms with Crippen LogP contribution in [0.2, 0.25) is 0 Å². The lowest BCUT2D eigenvalue weighted by Crippen LogP contribution is -2.11. The Morgan fingerprint density at radius 3 is 2.27 bits per heavy atom. The van der Waals surface area contributed by atoms with Gasteiger partial charge in [0.15, 0.2) is 0 Å². The van der Waals surface area contributed by atoms with Crippen molar-refractivity contribution in [2.75, 3.05) is 11.9 Å². The van der Waals surface area contributed by atoms with E-state index in [2.05, 4.69) is 47.8 Å². The SMILES string of the molecule is c1ccc(COc2cc(C3CCCCCCC3)cc3c2CCCCCCCN3)cc1. The Labute approximate surface area is 183 Å². The predicted molar refractivity (Wildman–Crippen MR) is 128 cm³/mol. The lowest BCUT2D eigenvalue weighted by atomic mass is 9.84. The summed E-state index contributed by atoms with van der Waals surface area (Å²) < 4.78 is 6.51. The second-order valence-corrected chi connectivity index (χ2v) is 9.31. The van der Waals surface area contributed by atoms with Crippen molar-refractivity contribution in [3.63, 3.8) is 0 Å². The van der Waals surface area contributed by atoms with Crippen LogP contribution in [0.4, 0.5) is 5.69 Å². The fourth-order valence-electron chi connectivity index (χ4n) is 5.15. The maximum atomic E-state index is 6.51. The van der Waals surface area contributed by atoms with E-state index in [-0.39, 0.29) is 0 Å². The first kappa shape index (κ1) is 21.3.